The fraction of sp³-hybridized carbons (Fsp3) is 0.435. The van der Waals surface area contributed by atoms with E-state index < -0.39 is 10.0 Å². The molecule has 1 fully saturated rings. The Hall–Kier alpha value is -2.18. The van der Waals surface area contributed by atoms with E-state index in [1.54, 1.807) is 12.1 Å². The number of anilines is 1. The molecular formula is C23H26N2O3S. The summed E-state index contributed by atoms with van der Waals surface area (Å²) in [5.74, 6) is 0.337. The third kappa shape index (κ3) is 3.38. The molecule has 0 saturated heterocycles. The summed E-state index contributed by atoms with van der Waals surface area (Å²) in [6.45, 7) is 2.03. The smallest absolute Gasteiger partial charge is 0.241 e. The van der Waals surface area contributed by atoms with Gasteiger partial charge in [-0.1, -0.05) is 24.3 Å². The van der Waals surface area contributed by atoms with Crippen LogP contribution in [-0.2, 0) is 27.7 Å². The zero-order chi connectivity index (χ0) is 20.2. The molecule has 5 nitrogen and oxygen atoms in total. The number of hydrogen-bond acceptors (Lipinski definition) is 3. The van der Waals surface area contributed by atoms with Crippen LogP contribution in [0.1, 0.15) is 55.3 Å². The van der Waals surface area contributed by atoms with E-state index in [1.165, 1.54) is 5.56 Å². The molecule has 29 heavy (non-hydrogen) atoms. The van der Waals surface area contributed by atoms with Crippen LogP contribution < -0.4 is 9.62 Å². The van der Waals surface area contributed by atoms with Gasteiger partial charge in [0.15, 0.2) is 0 Å². The molecule has 1 amide bonds. The van der Waals surface area contributed by atoms with E-state index in [1.807, 2.05) is 36.1 Å². The van der Waals surface area contributed by atoms with Crippen molar-refractivity contribution in [2.45, 2.75) is 62.4 Å². The van der Waals surface area contributed by atoms with Crippen LogP contribution in [0.15, 0.2) is 47.4 Å². The van der Waals surface area contributed by atoms with Gasteiger partial charge in [-0.3, -0.25) is 4.79 Å². The van der Waals surface area contributed by atoms with Crippen molar-refractivity contribution in [2.75, 3.05) is 4.90 Å². The van der Waals surface area contributed by atoms with Crippen LogP contribution in [-0.4, -0.2) is 20.4 Å². The highest BCUT2D eigenvalue weighted by atomic mass is 32.2. The minimum absolute atomic E-state index is 0.0780. The average Bonchev–Trinajstić information content (AvgIpc) is 3.49. The van der Waals surface area contributed by atoms with Gasteiger partial charge >= 0.3 is 0 Å². The summed E-state index contributed by atoms with van der Waals surface area (Å²) < 4.78 is 29.2. The van der Waals surface area contributed by atoms with E-state index in [9.17, 15) is 13.2 Å². The second-order valence-electron chi connectivity index (χ2n) is 8.59. The lowest BCUT2D eigenvalue weighted by Crippen LogP contribution is -2.36. The van der Waals surface area contributed by atoms with Crippen molar-refractivity contribution in [2.24, 2.45) is 5.92 Å². The molecule has 0 aromatic heterocycles. The Morgan fingerprint density at radius 1 is 1.07 bits per heavy atom. The number of fused-ring (bicyclic) bond motifs is 2. The van der Waals surface area contributed by atoms with Gasteiger partial charge in [-0.25, -0.2) is 13.1 Å². The van der Waals surface area contributed by atoms with Crippen LogP contribution in [0.2, 0.25) is 0 Å². The van der Waals surface area contributed by atoms with Gasteiger partial charge in [0.1, 0.15) is 0 Å². The lowest BCUT2D eigenvalue weighted by atomic mass is 9.88. The predicted octanol–water partition coefficient (Wildman–Crippen LogP) is 3.73. The number of hydrogen-bond donors (Lipinski definition) is 1. The number of benzene rings is 2. The lowest BCUT2D eigenvalue weighted by Gasteiger charge is -2.26. The first-order chi connectivity index (χ1) is 13.9. The summed E-state index contributed by atoms with van der Waals surface area (Å²) in [4.78, 5) is 14.8. The van der Waals surface area contributed by atoms with Crippen LogP contribution in [0.4, 0.5) is 5.69 Å². The largest absolute Gasteiger partial charge is 0.309 e. The number of sulfonamides is 1. The molecular weight excluding hydrogens is 384 g/mol. The summed E-state index contributed by atoms with van der Waals surface area (Å²) in [6.07, 6.45) is 5.42. The first-order valence-electron chi connectivity index (χ1n) is 10.5. The highest BCUT2D eigenvalue weighted by Gasteiger charge is 2.40. The molecule has 1 aliphatic heterocycles. The number of carbonyl (C=O) groups is 1. The molecule has 0 bridgehead atoms. The van der Waals surface area contributed by atoms with Gasteiger partial charge < -0.3 is 4.90 Å². The van der Waals surface area contributed by atoms with E-state index in [2.05, 4.69) is 10.8 Å². The maximum atomic E-state index is 13.1. The Bertz CT molecular complexity index is 1080. The van der Waals surface area contributed by atoms with Gasteiger partial charge in [-0.2, -0.15) is 0 Å². The lowest BCUT2D eigenvalue weighted by molar-refractivity contribution is -0.120. The van der Waals surface area contributed by atoms with Gasteiger partial charge in [-0.05, 0) is 80.3 Å². The minimum atomic E-state index is -3.64. The van der Waals surface area contributed by atoms with Crippen LogP contribution in [0.25, 0.3) is 0 Å². The highest BCUT2D eigenvalue weighted by molar-refractivity contribution is 7.89. The number of aryl methyl sites for hydroxylation is 1. The molecule has 1 heterocycles. The molecule has 1 N–H and O–H groups in total. The van der Waals surface area contributed by atoms with Gasteiger partial charge in [0.05, 0.1) is 4.90 Å². The van der Waals surface area contributed by atoms with Crippen molar-refractivity contribution >= 4 is 21.6 Å². The minimum Gasteiger partial charge on any atom is -0.309 e. The Balaban J connectivity index is 1.42. The molecule has 1 saturated carbocycles. The number of nitrogens with one attached hydrogen (secondary N) is 1. The molecule has 0 radical (unpaired) electrons. The van der Waals surface area contributed by atoms with Gasteiger partial charge in [0.25, 0.3) is 0 Å². The fourth-order valence-corrected chi connectivity index (χ4v) is 6.07. The van der Waals surface area contributed by atoms with Crippen molar-refractivity contribution in [1.29, 1.82) is 0 Å². The molecule has 2 atom stereocenters. The molecule has 5 rings (SSSR count). The SMILES string of the molecule is CC1Cc2cc(S(=O)(=O)NC3CCCc4ccccc43)ccc2N1C(=O)C1CC1. The third-order valence-electron chi connectivity index (χ3n) is 6.41. The van der Waals surface area contributed by atoms with E-state index in [0.29, 0.717) is 6.42 Å². The molecule has 0 spiro atoms. The number of carbonyl (C=O) groups excluding carboxylic acids is 1. The summed E-state index contributed by atoms with van der Waals surface area (Å²) in [5, 5.41) is 0. The molecule has 2 aromatic carbocycles. The van der Waals surface area contributed by atoms with Gasteiger partial charge in [-0.15, -0.1) is 0 Å². The molecule has 6 heteroatoms. The topological polar surface area (TPSA) is 66.5 Å². The van der Waals surface area contributed by atoms with E-state index in [4.69, 9.17) is 0 Å². The van der Waals surface area contributed by atoms with E-state index in [-0.39, 0.29) is 28.8 Å². The van der Waals surface area contributed by atoms with Crippen molar-refractivity contribution in [3.63, 3.8) is 0 Å². The maximum Gasteiger partial charge on any atom is 0.241 e. The van der Waals surface area contributed by atoms with Crippen LogP contribution in [0, 0.1) is 5.92 Å². The summed E-state index contributed by atoms with van der Waals surface area (Å²) in [7, 11) is -3.64. The second-order valence-corrected chi connectivity index (χ2v) is 10.3. The number of nitrogens with zero attached hydrogens (tertiary/aromatic N) is 1. The molecule has 2 unspecified atom stereocenters. The zero-order valence-electron chi connectivity index (χ0n) is 16.6. The normalized spacial score (nSPS) is 23.6. The third-order valence-corrected chi connectivity index (χ3v) is 7.88. The van der Waals surface area contributed by atoms with Crippen molar-refractivity contribution in [3.05, 3.63) is 59.2 Å². The molecule has 152 valence electrons. The second kappa shape index (κ2) is 6.96. The summed E-state index contributed by atoms with van der Waals surface area (Å²) in [6, 6.07) is 13.2. The number of rotatable bonds is 4. The fourth-order valence-electron chi connectivity index (χ4n) is 4.77. The van der Waals surface area contributed by atoms with E-state index in [0.717, 1.165) is 48.9 Å². The summed E-state index contributed by atoms with van der Waals surface area (Å²) in [5.41, 5.74) is 4.12. The average molecular weight is 411 g/mol. The van der Waals surface area contributed by atoms with Crippen molar-refractivity contribution < 1.29 is 13.2 Å². The zero-order valence-corrected chi connectivity index (χ0v) is 17.4. The Labute approximate surface area is 172 Å². The van der Waals surface area contributed by atoms with Crippen LogP contribution in [0.3, 0.4) is 0 Å². The molecule has 2 aromatic rings. The molecule has 2 aliphatic carbocycles. The summed E-state index contributed by atoms with van der Waals surface area (Å²) >= 11 is 0. The van der Waals surface area contributed by atoms with Crippen LogP contribution >= 0.6 is 0 Å². The first-order valence-corrected chi connectivity index (χ1v) is 12.0. The Morgan fingerprint density at radius 2 is 1.86 bits per heavy atom. The first kappa shape index (κ1) is 18.8. The maximum absolute atomic E-state index is 13.1. The Morgan fingerprint density at radius 3 is 2.66 bits per heavy atom. The van der Waals surface area contributed by atoms with Crippen molar-refractivity contribution in [3.8, 4) is 0 Å². The van der Waals surface area contributed by atoms with E-state index >= 15 is 0 Å². The molecule has 3 aliphatic rings. The van der Waals surface area contributed by atoms with Crippen LogP contribution in [0.5, 0.6) is 0 Å². The van der Waals surface area contributed by atoms with Crippen molar-refractivity contribution in [1.82, 2.24) is 4.72 Å². The number of amides is 1. The Kier molecular flexibility index (Phi) is 4.51. The van der Waals surface area contributed by atoms with Gasteiger partial charge in [0.2, 0.25) is 15.9 Å². The van der Waals surface area contributed by atoms with Gasteiger partial charge in [0, 0.05) is 23.7 Å². The predicted molar refractivity (Wildman–Crippen MR) is 112 cm³/mol. The quantitative estimate of drug-likeness (QED) is 0.835. The highest BCUT2D eigenvalue weighted by Crippen LogP contribution is 2.40. The standard InChI is InChI=1S/C23H26N2O3S/c1-15-13-18-14-19(11-12-22(18)25(15)23(26)17-9-10-17)29(27,28)24-21-8-4-6-16-5-2-3-7-20(16)21/h2-3,5,7,11-12,14-15,17,21,24H,4,6,8-10,13H2,1H3. The monoisotopic (exact) mass is 410 g/mol.